The fourth-order valence-corrected chi connectivity index (χ4v) is 1.83. The molecule has 0 aliphatic carbocycles. The Morgan fingerprint density at radius 3 is 2.55 bits per heavy atom. The lowest BCUT2D eigenvalue weighted by Crippen LogP contribution is -2.31. The van der Waals surface area contributed by atoms with Crippen LogP contribution in [0.15, 0.2) is 59.7 Å². The predicted molar refractivity (Wildman–Crippen MR) is 87.8 cm³/mol. The van der Waals surface area contributed by atoms with Crippen molar-refractivity contribution in [3.05, 3.63) is 71.3 Å². The molecule has 0 aromatic heterocycles. The zero-order valence-electron chi connectivity index (χ0n) is 11.3. The summed E-state index contributed by atoms with van der Waals surface area (Å²) >= 11 is 5.17. The molecule has 4 heteroatoms. The summed E-state index contributed by atoms with van der Waals surface area (Å²) in [5.41, 5.74) is 6.26. The first-order valence-corrected chi connectivity index (χ1v) is 6.83. The van der Waals surface area contributed by atoms with Gasteiger partial charge in [0.2, 0.25) is 0 Å². The van der Waals surface area contributed by atoms with Crippen LogP contribution in [0.1, 0.15) is 16.7 Å². The van der Waals surface area contributed by atoms with Gasteiger partial charge in [0.1, 0.15) is 0 Å². The molecule has 2 aromatic carbocycles. The van der Waals surface area contributed by atoms with E-state index in [1.165, 1.54) is 11.1 Å². The summed E-state index contributed by atoms with van der Waals surface area (Å²) in [6.45, 7) is 2.74. The van der Waals surface area contributed by atoms with Gasteiger partial charge in [0, 0.05) is 6.54 Å². The van der Waals surface area contributed by atoms with Crippen molar-refractivity contribution in [3.8, 4) is 0 Å². The summed E-state index contributed by atoms with van der Waals surface area (Å²) in [4.78, 5) is 0. The van der Waals surface area contributed by atoms with E-state index in [0.717, 1.165) is 5.56 Å². The Labute approximate surface area is 124 Å². The maximum Gasteiger partial charge on any atom is 0.187 e. The molecule has 0 unspecified atom stereocenters. The van der Waals surface area contributed by atoms with Crippen LogP contribution < -0.4 is 10.7 Å². The number of aryl methyl sites for hydroxylation is 1. The minimum absolute atomic E-state index is 0.513. The highest BCUT2D eigenvalue weighted by molar-refractivity contribution is 7.80. The van der Waals surface area contributed by atoms with E-state index in [1.54, 1.807) is 6.21 Å². The van der Waals surface area contributed by atoms with Crippen molar-refractivity contribution in [2.24, 2.45) is 5.10 Å². The molecule has 0 radical (unpaired) electrons. The molecule has 102 valence electrons. The van der Waals surface area contributed by atoms with Crippen molar-refractivity contribution >= 4 is 23.5 Å². The minimum atomic E-state index is 0.513. The van der Waals surface area contributed by atoms with Crippen LogP contribution in [-0.2, 0) is 6.54 Å². The lowest BCUT2D eigenvalue weighted by molar-refractivity contribution is 0.869. The van der Waals surface area contributed by atoms with Crippen LogP contribution in [-0.4, -0.2) is 11.3 Å². The second-order valence-corrected chi connectivity index (χ2v) is 4.80. The minimum Gasteiger partial charge on any atom is -0.357 e. The molecule has 2 N–H and O–H groups in total. The van der Waals surface area contributed by atoms with Gasteiger partial charge in [-0.15, -0.1) is 0 Å². The monoisotopic (exact) mass is 283 g/mol. The fourth-order valence-electron chi connectivity index (χ4n) is 1.71. The van der Waals surface area contributed by atoms with Gasteiger partial charge in [0.25, 0.3) is 0 Å². The zero-order valence-corrected chi connectivity index (χ0v) is 12.2. The normalized spacial score (nSPS) is 10.4. The van der Waals surface area contributed by atoms with E-state index in [2.05, 4.69) is 15.8 Å². The van der Waals surface area contributed by atoms with Gasteiger partial charge in [-0.2, -0.15) is 5.10 Å². The molecule has 20 heavy (non-hydrogen) atoms. The number of nitrogens with one attached hydrogen (secondary N) is 2. The average Bonchev–Trinajstić information content (AvgIpc) is 2.48. The van der Waals surface area contributed by atoms with Gasteiger partial charge in [-0.25, -0.2) is 0 Å². The molecule has 0 aliphatic heterocycles. The molecule has 0 amide bonds. The molecule has 3 nitrogen and oxygen atoms in total. The lowest BCUT2D eigenvalue weighted by atomic mass is 10.1. The van der Waals surface area contributed by atoms with Gasteiger partial charge in [-0.1, -0.05) is 54.6 Å². The molecule has 0 fully saturated rings. The summed E-state index contributed by atoms with van der Waals surface area (Å²) < 4.78 is 0. The van der Waals surface area contributed by atoms with Crippen LogP contribution in [0.2, 0.25) is 0 Å². The second-order valence-electron chi connectivity index (χ2n) is 4.39. The Bertz CT molecular complexity index is 594. The van der Waals surface area contributed by atoms with Gasteiger partial charge in [0.05, 0.1) is 6.21 Å². The van der Waals surface area contributed by atoms with Crippen LogP contribution in [0.3, 0.4) is 0 Å². The van der Waals surface area contributed by atoms with E-state index in [-0.39, 0.29) is 0 Å². The topological polar surface area (TPSA) is 36.4 Å². The molecule has 0 bridgehead atoms. The third kappa shape index (κ3) is 4.48. The smallest absolute Gasteiger partial charge is 0.187 e. The molecular weight excluding hydrogens is 266 g/mol. The fraction of sp³-hybridized carbons (Fsp3) is 0.125. The van der Waals surface area contributed by atoms with Crippen molar-refractivity contribution in [1.82, 2.24) is 10.7 Å². The Morgan fingerprint density at radius 2 is 1.80 bits per heavy atom. The highest BCUT2D eigenvalue weighted by Gasteiger charge is 1.95. The van der Waals surface area contributed by atoms with Crippen molar-refractivity contribution in [2.75, 3.05) is 0 Å². The number of benzene rings is 2. The summed E-state index contributed by atoms with van der Waals surface area (Å²) in [5.74, 6) is 0. The standard InChI is InChI=1S/C16H17N3S/c1-13-7-5-6-10-15(13)12-18-19-16(20)17-11-14-8-3-2-4-9-14/h2-10,12H,11H2,1H3,(H2,17,19,20)/b18-12+. The van der Waals surface area contributed by atoms with E-state index in [9.17, 15) is 0 Å². The van der Waals surface area contributed by atoms with Crippen LogP contribution in [0.25, 0.3) is 0 Å². The number of hydrazone groups is 1. The number of thiocarbonyl (C=S) groups is 1. The van der Waals surface area contributed by atoms with Crippen molar-refractivity contribution in [2.45, 2.75) is 13.5 Å². The number of hydrogen-bond donors (Lipinski definition) is 2. The Kier molecular flexibility index (Phi) is 5.26. The highest BCUT2D eigenvalue weighted by Crippen LogP contribution is 2.03. The first-order chi connectivity index (χ1) is 9.75. The Morgan fingerprint density at radius 1 is 1.10 bits per heavy atom. The van der Waals surface area contributed by atoms with Crippen LogP contribution in [0.4, 0.5) is 0 Å². The second kappa shape index (κ2) is 7.40. The summed E-state index contributed by atoms with van der Waals surface area (Å²) in [5, 5.41) is 7.76. The van der Waals surface area contributed by atoms with Gasteiger partial charge < -0.3 is 5.32 Å². The quantitative estimate of drug-likeness (QED) is 0.514. The molecule has 0 aliphatic rings. The SMILES string of the molecule is Cc1ccccc1/C=N/NC(=S)NCc1ccccc1. The van der Waals surface area contributed by atoms with E-state index >= 15 is 0 Å². The maximum absolute atomic E-state index is 5.17. The number of hydrogen-bond acceptors (Lipinski definition) is 2. The van der Waals surface area contributed by atoms with E-state index in [1.807, 2.05) is 61.5 Å². The summed E-state index contributed by atoms with van der Waals surface area (Å²) in [6.07, 6.45) is 1.77. The zero-order chi connectivity index (χ0) is 14.2. The molecule has 0 saturated carbocycles. The van der Waals surface area contributed by atoms with Crippen molar-refractivity contribution in [1.29, 1.82) is 0 Å². The van der Waals surface area contributed by atoms with Gasteiger partial charge in [-0.3, -0.25) is 5.43 Å². The third-order valence-corrected chi connectivity index (χ3v) is 3.09. The van der Waals surface area contributed by atoms with Crippen LogP contribution >= 0.6 is 12.2 Å². The molecule has 2 aromatic rings. The first-order valence-electron chi connectivity index (χ1n) is 6.42. The average molecular weight is 283 g/mol. The largest absolute Gasteiger partial charge is 0.357 e. The van der Waals surface area contributed by atoms with Crippen LogP contribution in [0.5, 0.6) is 0 Å². The van der Waals surface area contributed by atoms with Gasteiger partial charge >= 0.3 is 0 Å². The molecule has 0 atom stereocenters. The Balaban J connectivity index is 1.79. The van der Waals surface area contributed by atoms with E-state index in [4.69, 9.17) is 12.2 Å². The van der Waals surface area contributed by atoms with Gasteiger partial charge in [-0.05, 0) is 35.8 Å². The predicted octanol–water partition coefficient (Wildman–Crippen LogP) is 2.99. The number of rotatable bonds is 4. The van der Waals surface area contributed by atoms with Crippen molar-refractivity contribution < 1.29 is 0 Å². The van der Waals surface area contributed by atoms with Crippen LogP contribution in [0, 0.1) is 6.92 Å². The van der Waals surface area contributed by atoms with E-state index in [0.29, 0.717) is 11.7 Å². The molecule has 0 heterocycles. The molecule has 0 spiro atoms. The molecule has 2 rings (SSSR count). The maximum atomic E-state index is 5.17. The summed E-state index contributed by atoms with van der Waals surface area (Å²) in [6, 6.07) is 18.2. The first kappa shape index (κ1) is 14.2. The van der Waals surface area contributed by atoms with Gasteiger partial charge in [0.15, 0.2) is 5.11 Å². The summed E-state index contributed by atoms with van der Waals surface area (Å²) in [7, 11) is 0. The third-order valence-electron chi connectivity index (χ3n) is 2.85. The molecule has 0 saturated heterocycles. The lowest BCUT2D eigenvalue weighted by Gasteiger charge is -2.06. The van der Waals surface area contributed by atoms with E-state index < -0.39 is 0 Å². The number of nitrogens with zero attached hydrogens (tertiary/aromatic N) is 1. The van der Waals surface area contributed by atoms with Crippen molar-refractivity contribution in [3.63, 3.8) is 0 Å². The molecular formula is C16H17N3S. The Hall–Kier alpha value is -2.20. The highest BCUT2D eigenvalue weighted by atomic mass is 32.1.